The molecule has 0 aliphatic carbocycles. The molecule has 33 heavy (non-hydrogen) atoms. The predicted molar refractivity (Wildman–Crippen MR) is 124 cm³/mol. The molecule has 8 nitrogen and oxygen atoms in total. The van der Waals surface area contributed by atoms with Crippen LogP contribution in [0.4, 0.5) is 11.7 Å². The summed E-state index contributed by atoms with van der Waals surface area (Å²) in [7, 11) is 1.63. The second-order valence-corrected chi connectivity index (χ2v) is 7.75. The average molecular weight is 445 g/mol. The van der Waals surface area contributed by atoms with Gasteiger partial charge in [0.25, 0.3) is 0 Å². The first-order valence-corrected chi connectivity index (χ1v) is 10.7. The molecule has 2 aliphatic heterocycles. The quantitative estimate of drug-likeness (QED) is 0.582. The monoisotopic (exact) mass is 445 g/mol. The fraction of sp³-hybridized carbons (Fsp3) is 0.240. The summed E-state index contributed by atoms with van der Waals surface area (Å²) in [4.78, 5) is 23.2. The second-order valence-electron chi connectivity index (χ2n) is 7.75. The van der Waals surface area contributed by atoms with Crippen LogP contribution in [0.3, 0.4) is 0 Å². The van der Waals surface area contributed by atoms with E-state index in [0.29, 0.717) is 18.9 Å². The second kappa shape index (κ2) is 8.46. The molecular weight excluding hydrogens is 422 g/mol. The van der Waals surface area contributed by atoms with Gasteiger partial charge >= 0.3 is 5.97 Å². The highest BCUT2D eigenvalue weighted by molar-refractivity contribution is 6.21. The van der Waals surface area contributed by atoms with Crippen LogP contribution in [0.2, 0.25) is 0 Å². The van der Waals surface area contributed by atoms with E-state index in [1.54, 1.807) is 32.5 Å². The highest BCUT2D eigenvalue weighted by Gasteiger charge is 2.32. The van der Waals surface area contributed by atoms with Gasteiger partial charge in [-0.3, -0.25) is 0 Å². The number of aliphatic imine (C=N–C) groups is 1. The van der Waals surface area contributed by atoms with Crippen molar-refractivity contribution in [3.63, 3.8) is 0 Å². The third-order valence-electron chi connectivity index (χ3n) is 5.79. The number of carbonyl (C=O) groups excluding carboxylic acids is 1. The summed E-state index contributed by atoms with van der Waals surface area (Å²) in [5.41, 5.74) is 3.88. The van der Waals surface area contributed by atoms with E-state index in [0.717, 1.165) is 28.9 Å². The van der Waals surface area contributed by atoms with E-state index < -0.39 is 5.97 Å². The van der Waals surface area contributed by atoms with E-state index in [4.69, 9.17) is 13.9 Å². The number of anilines is 1. The van der Waals surface area contributed by atoms with Crippen molar-refractivity contribution >= 4 is 35.5 Å². The minimum absolute atomic E-state index is 0.0244. The number of furan rings is 1. The molecule has 168 valence electrons. The fourth-order valence-corrected chi connectivity index (χ4v) is 4.15. The number of pyridine rings is 1. The number of carbonyl (C=O) groups is 1. The van der Waals surface area contributed by atoms with Crippen molar-refractivity contribution in [2.45, 2.75) is 19.9 Å². The van der Waals surface area contributed by atoms with E-state index in [1.165, 1.54) is 5.56 Å². The van der Waals surface area contributed by atoms with Crippen molar-refractivity contribution in [1.82, 2.24) is 4.98 Å². The molecule has 0 saturated heterocycles. The first kappa shape index (κ1) is 20.8. The molecule has 2 aromatic heterocycles. The molecule has 0 saturated carbocycles. The number of benzene rings is 1. The number of fused-ring (bicyclic) bond motifs is 2. The SMILES string of the molecule is CCOC(=O)c1c(N2CCc3ccc(OC)cc3C2)oc(/C=C2\C=Nc3ncccc32)c1O. The summed E-state index contributed by atoms with van der Waals surface area (Å²) in [6, 6.07) is 9.69. The lowest BCUT2D eigenvalue weighted by atomic mass is 9.99. The Bertz CT molecular complexity index is 1290. The number of allylic oxidation sites excluding steroid dienone is 1. The number of hydrogen-bond donors (Lipinski definition) is 1. The molecule has 8 heteroatoms. The molecule has 4 heterocycles. The summed E-state index contributed by atoms with van der Waals surface area (Å²) in [6.07, 6.45) is 5.76. The van der Waals surface area contributed by atoms with Gasteiger partial charge < -0.3 is 23.9 Å². The molecule has 0 spiro atoms. The van der Waals surface area contributed by atoms with Gasteiger partial charge in [0.1, 0.15) is 5.75 Å². The number of nitrogens with zero attached hydrogens (tertiary/aromatic N) is 3. The molecule has 1 N–H and O–H groups in total. The molecule has 0 radical (unpaired) electrons. The normalized spacial score (nSPS) is 15.5. The molecule has 5 rings (SSSR count). The Balaban J connectivity index is 1.55. The standard InChI is InChI=1S/C25H23N3O5/c1-3-32-25(30)21-22(29)20(12-16-13-27-23-19(16)5-4-9-26-23)33-24(21)28-10-8-15-6-7-18(31-2)11-17(15)14-28/h4-7,9,11-13,29H,3,8,10,14H2,1-2H3/b16-12+. The lowest BCUT2D eigenvalue weighted by Gasteiger charge is -2.29. The van der Waals surface area contributed by atoms with Crippen LogP contribution < -0.4 is 9.64 Å². The molecule has 0 unspecified atom stereocenters. The van der Waals surface area contributed by atoms with E-state index >= 15 is 0 Å². The van der Waals surface area contributed by atoms with Gasteiger partial charge in [-0.15, -0.1) is 0 Å². The number of esters is 1. The van der Waals surface area contributed by atoms with Crippen LogP contribution in [-0.4, -0.2) is 42.5 Å². The molecule has 0 bridgehead atoms. The van der Waals surface area contributed by atoms with E-state index in [-0.39, 0.29) is 29.6 Å². The van der Waals surface area contributed by atoms with Gasteiger partial charge in [0.05, 0.1) is 13.7 Å². The largest absolute Gasteiger partial charge is 0.504 e. The summed E-state index contributed by atoms with van der Waals surface area (Å²) in [5, 5.41) is 11.0. The number of hydrogen-bond acceptors (Lipinski definition) is 8. The third-order valence-corrected chi connectivity index (χ3v) is 5.79. The lowest BCUT2D eigenvalue weighted by molar-refractivity contribution is 0.0523. The highest BCUT2D eigenvalue weighted by Crippen LogP contribution is 2.41. The van der Waals surface area contributed by atoms with Crippen LogP contribution in [0.15, 0.2) is 45.9 Å². The van der Waals surface area contributed by atoms with Crippen LogP contribution >= 0.6 is 0 Å². The van der Waals surface area contributed by atoms with E-state index in [9.17, 15) is 9.90 Å². The molecule has 0 atom stereocenters. The lowest BCUT2D eigenvalue weighted by Crippen LogP contribution is -2.31. The maximum Gasteiger partial charge on any atom is 0.347 e. The van der Waals surface area contributed by atoms with Gasteiger partial charge in [-0.2, -0.15) is 0 Å². The average Bonchev–Trinajstić information content (AvgIpc) is 3.39. The predicted octanol–water partition coefficient (Wildman–Crippen LogP) is 4.38. The Kier molecular flexibility index (Phi) is 5.34. The summed E-state index contributed by atoms with van der Waals surface area (Å²) >= 11 is 0. The van der Waals surface area contributed by atoms with Crippen LogP contribution in [0, 0.1) is 0 Å². The summed E-state index contributed by atoms with van der Waals surface area (Å²) in [6.45, 7) is 3.05. The molecule has 2 aliphatic rings. The zero-order valence-corrected chi connectivity index (χ0v) is 18.4. The van der Waals surface area contributed by atoms with Crippen LogP contribution in [-0.2, 0) is 17.7 Å². The van der Waals surface area contributed by atoms with Crippen molar-refractivity contribution in [2.24, 2.45) is 4.99 Å². The zero-order chi connectivity index (χ0) is 22.9. The first-order chi connectivity index (χ1) is 16.1. The van der Waals surface area contributed by atoms with Gasteiger partial charge in [0.2, 0.25) is 5.88 Å². The minimum Gasteiger partial charge on any atom is -0.504 e. The van der Waals surface area contributed by atoms with Crippen LogP contribution in [0.5, 0.6) is 11.5 Å². The highest BCUT2D eigenvalue weighted by atomic mass is 16.5. The number of aromatic hydroxyl groups is 1. The topological polar surface area (TPSA) is 97.4 Å². The molecule has 0 fully saturated rings. The van der Waals surface area contributed by atoms with Crippen molar-refractivity contribution in [1.29, 1.82) is 0 Å². The Morgan fingerprint density at radius 3 is 3.00 bits per heavy atom. The van der Waals surface area contributed by atoms with Crippen molar-refractivity contribution in [3.05, 3.63) is 64.5 Å². The van der Waals surface area contributed by atoms with Gasteiger partial charge in [-0.25, -0.2) is 14.8 Å². The fourth-order valence-electron chi connectivity index (χ4n) is 4.15. The molecule has 0 amide bonds. The number of rotatable bonds is 5. The van der Waals surface area contributed by atoms with E-state index in [1.807, 2.05) is 29.2 Å². The number of ether oxygens (including phenoxy) is 2. The van der Waals surface area contributed by atoms with Gasteiger partial charge in [0, 0.05) is 36.6 Å². The zero-order valence-electron chi connectivity index (χ0n) is 18.4. The maximum atomic E-state index is 12.8. The van der Waals surface area contributed by atoms with Crippen LogP contribution in [0.25, 0.3) is 11.6 Å². The van der Waals surface area contributed by atoms with Crippen molar-refractivity contribution < 1.29 is 23.8 Å². The van der Waals surface area contributed by atoms with Gasteiger partial charge in [-0.05, 0) is 54.8 Å². The van der Waals surface area contributed by atoms with Crippen molar-refractivity contribution in [3.8, 4) is 11.5 Å². The Morgan fingerprint density at radius 1 is 1.30 bits per heavy atom. The Labute approximate surface area is 190 Å². The number of aromatic nitrogens is 1. The number of methoxy groups -OCH3 is 1. The first-order valence-electron chi connectivity index (χ1n) is 10.7. The summed E-state index contributed by atoms with van der Waals surface area (Å²) < 4.78 is 16.7. The third kappa shape index (κ3) is 3.73. The van der Waals surface area contributed by atoms with E-state index in [2.05, 4.69) is 16.0 Å². The maximum absolute atomic E-state index is 12.8. The van der Waals surface area contributed by atoms with Gasteiger partial charge in [-0.1, -0.05) is 6.07 Å². The summed E-state index contributed by atoms with van der Waals surface area (Å²) in [5.74, 6) is 0.939. The molecule has 3 aromatic rings. The van der Waals surface area contributed by atoms with Crippen LogP contribution in [0.1, 0.15) is 39.7 Å². The minimum atomic E-state index is -0.628. The smallest absolute Gasteiger partial charge is 0.347 e. The molecular formula is C25H23N3O5. The molecule has 1 aromatic carbocycles. The Morgan fingerprint density at radius 2 is 2.18 bits per heavy atom. The van der Waals surface area contributed by atoms with Gasteiger partial charge in [0.15, 0.2) is 22.9 Å². The van der Waals surface area contributed by atoms with Crippen molar-refractivity contribution in [2.75, 3.05) is 25.2 Å². The Hall–Kier alpha value is -4.07.